The summed E-state index contributed by atoms with van der Waals surface area (Å²) < 4.78 is 41.6. The molecule has 7 heteroatoms. The van der Waals surface area contributed by atoms with Crippen molar-refractivity contribution in [1.29, 1.82) is 5.41 Å². The van der Waals surface area contributed by atoms with Gasteiger partial charge in [0.15, 0.2) is 0 Å². The second kappa shape index (κ2) is 7.04. The SMILES string of the molecule is N=C(N)c1ccc2c(c1)C1c3ccccc3CC1C(c1ccc(OC(F)(F)F)cc1)N2. The molecule has 0 saturated carbocycles. The number of rotatable bonds is 3. The molecule has 0 radical (unpaired) electrons. The molecule has 3 aromatic rings. The van der Waals surface area contributed by atoms with E-state index in [0.717, 1.165) is 23.2 Å². The molecule has 1 aliphatic heterocycles. The van der Waals surface area contributed by atoms with Gasteiger partial charge in [0.05, 0.1) is 6.04 Å². The van der Waals surface area contributed by atoms with Gasteiger partial charge in [0.1, 0.15) is 11.6 Å². The Morgan fingerprint density at radius 3 is 2.45 bits per heavy atom. The summed E-state index contributed by atoms with van der Waals surface area (Å²) in [6.45, 7) is 0. The minimum atomic E-state index is -4.71. The van der Waals surface area contributed by atoms with Crippen molar-refractivity contribution in [3.05, 3.63) is 94.5 Å². The third kappa shape index (κ3) is 3.50. The summed E-state index contributed by atoms with van der Waals surface area (Å²) in [5, 5.41) is 11.4. The summed E-state index contributed by atoms with van der Waals surface area (Å²) in [5.74, 6) is 0.0853. The lowest BCUT2D eigenvalue weighted by atomic mass is 9.75. The van der Waals surface area contributed by atoms with Crippen LogP contribution in [0.5, 0.6) is 5.75 Å². The fourth-order valence-corrected chi connectivity index (χ4v) is 4.94. The first-order chi connectivity index (χ1) is 14.8. The number of halogens is 3. The highest BCUT2D eigenvalue weighted by Gasteiger charge is 2.43. The topological polar surface area (TPSA) is 71.1 Å². The van der Waals surface area contributed by atoms with E-state index in [1.165, 1.54) is 23.3 Å². The molecule has 0 spiro atoms. The molecule has 5 rings (SSSR count). The van der Waals surface area contributed by atoms with Gasteiger partial charge in [-0.05, 0) is 64.9 Å². The number of anilines is 1. The third-order valence-corrected chi connectivity index (χ3v) is 6.18. The smallest absolute Gasteiger partial charge is 0.406 e. The van der Waals surface area contributed by atoms with E-state index in [1.807, 2.05) is 30.3 Å². The number of ether oxygens (including phenoxy) is 1. The molecular formula is C24H20F3N3O. The highest BCUT2D eigenvalue weighted by atomic mass is 19.4. The van der Waals surface area contributed by atoms with Crippen LogP contribution in [-0.2, 0) is 6.42 Å². The lowest BCUT2D eigenvalue weighted by Crippen LogP contribution is -2.30. The summed E-state index contributed by atoms with van der Waals surface area (Å²) in [4.78, 5) is 0. The number of benzene rings is 3. The van der Waals surface area contributed by atoms with Crippen LogP contribution in [0.15, 0.2) is 66.7 Å². The number of nitrogen functional groups attached to an aromatic ring is 1. The Hall–Kier alpha value is -3.48. The van der Waals surface area contributed by atoms with E-state index in [-0.39, 0.29) is 29.5 Å². The summed E-state index contributed by atoms with van der Waals surface area (Å²) in [6.07, 6.45) is -3.86. The summed E-state index contributed by atoms with van der Waals surface area (Å²) in [5.41, 5.74) is 11.9. The van der Waals surface area contributed by atoms with Crippen LogP contribution in [0.3, 0.4) is 0 Å². The molecule has 0 aromatic heterocycles. The van der Waals surface area contributed by atoms with Crippen LogP contribution >= 0.6 is 0 Å². The zero-order valence-corrected chi connectivity index (χ0v) is 16.4. The van der Waals surface area contributed by atoms with Crippen LogP contribution in [0.25, 0.3) is 0 Å². The van der Waals surface area contributed by atoms with Crippen LogP contribution in [0.4, 0.5) is 18.9 Å². The Kier molecular flexibility index (Phi) is 4.43. The van der Waals surface area contributed by atoms with Crippen LogP contribution in [0, 0.1) is 11.3 Å². The summed E-state index contributed by atoms with van der Waals surface area (Å²) in [6, 6.07) is 20.0. The van der Waals surface area contributed by atoms with Gasteiger partial charge in [0.2, 0.25) is 0 Å². The zero-order valence-electron chi connectivity index (χ0n) is 16.4. The first kappa shape index (κ1) is 19.5. The average Bonchev–Trinajstić information content (AvgIpc) is 3.12. The lowest BCUT2D eigenvalue weighted by molar-refractivity contribution is -0.274. The van der Waals surface area contributed by atoms with E-state index < -0.39 is 6.36 Å². The number of nitrogens with two attached hydrogens (primary N) is 1. The highest BCUT2D eigenvalue weighted by molar-refractivity contribution is 5.95. The molecule has 3 unspecified atom stereocenters. The standard InChI is InChI=1S/C24H20F3N3O/c25-24(26,27)31-16-8-5-13(6-9-16)22-19-11-14-3-1-2-4-17(14)21(19)18-12-15(23(28)29)7-10-20(18)30-22/h1-10,12,19,21-22,30H,11H2,(H3,28,29). The summed E-state index contributed by atoms with van der Waals surface area (Å²) in [7, 11) is 0. The zero-order chi connectivity index (χ0) is 21.8. The van der Waals surface area contributed by atoms with Crippen molar-refractivity contribution in [3.8, 4) is 5.75 Å². The normalized spacial score (nSPS) is 21.5. The van der Waals surface area contributed by atoms with Gasteiger partial charge in [-0.2, -0.15) is 0 Å². The number of amidine groups is 1. The number of hydrogen-bond acceptors (Lipinski definition) is 3. The number of nitrogens with one attached hydrogen (secondary N) is 2. The van der Waals surface area contributed by atoms with Crippen LogP contribution < -0.4 is 15.8 Å². The van der Waals surface area contributed by atoms with Crippen molar-refractivity contribution < 1.29 is 17.9 Å². The lowest BCUT2D eigenvalue weighted by Gasteiger charge is -2.38. The molecule has 3 aromatic carbocycles. The molecule has 0 saturated heterocycles. The molecule has 0 amide bonds. The van der Waals surface area contributed by atoms with Crippen LogP contribution in [-0.4, -0.2) is 12.2 Å². The quantitative estimate of drug-likeness (QED) is 0.393. The first-order valence-corrected chi connectivity index (χ1v) is 9.98. The number of fused-ring (bicyclic) bond motifs is 5. The van der Waals surface area contributed by atoms with E-state index in [0.29, 0.717) is 5.56 Å². The first-order valence-electron chi connectivity index (χ1n) is 9.98. The van der Waals surface area contributed by atoms with Gasteiger partial charge in [0, 0.05) is 17.2 Å². The molecule has 1 heterocycles. The Morgan fingerprint density at radius 2 is 1.74 bits per heavy atom. The Labute approximate surface area is 177 Å². The van der Waals surface area contributed by atoms with Crippen molar-refractivity contribution in [1.82, 2.24) is 0 Å². The van der Waals surface area contributed by atoms with Gasteiger partial charge in [-0.25, -0.2) is 0 Å². The average molecular weight is 423 g/mol. The third-order valence-electron chi connectivity index (χ3n) is 6.18. The predicted molar refractivity (Wildman–Crippen MR) is 112 cm³/mol. The molecule has 2 aliphatic rings. The molecule has 4 N–H and O–H groups in total. The maximum atomic E-state index is 12.5. The van der Waals surface area contributed by atoms with Crippen molar-refractivity contribution in [2.45, 2.75) is 24.7 Å². The van der Waals surface area contributed by atoms with Gasteiger partial charge in [0.25, 0.3) is 0 Å². The van der Waals surface area contributed by atoms with Gasteiger partial charge < -0.3 is 15.8 Å². The molecular weight excluding hydrogens is 403 g/mol. The Morgan fingerprint density at radius 1 is 1.00 bits per heavy atom. The highest BCUT2D eigenvalue weighted by Crippen LogP contribution is 2.54. The van der Waals surface area contributed by atoms with E-state index in [9.17, 15) is 13.2 Å². The Bertz CT molecular complexity index is 1160. The maximum Gasteiger partial charge on any atom is 0.573 e. The number of alkyl halides is 3. The maximum absolute atomic E-state index is 12.5. The minimum Gasteiger partial charge on any atom is -0.406 e. The molecule has 1 aliphatic carbocycles. The molecule has 158 valence electrons. The fourth-order valence-electron chi connectivity index (χ4n) is 4.94. The van der Waals surface area contributed by atoms with Gasteiger partial charge in [-0.15, -0.1) is 13.2 Å². The van der Waals surface area contributed by atoms with Crippen molar-refractivity contribution in [3.63, 3.8) is 0 Å². The van der Waals surface area contributed by atoms with E-state index >= 15 is 0 Å². The number of hydrogen-bond donors (Lipinski definition) is 3. The van der Waals surface area contributed by atoms with Gasteiger partial charge in [-0.1, -0.05) is 36.4 Å². The van der Waals surface area contributed by atoms with E-state index in [4.69, 9.17) is 11.1 Å². The van der Waals surface area contributed by atoms with Crippen molar-refractivity contribution in [2.75, 3.05) is 5.32 Å². The fraction of sp³-hybridized carbons (Fsp3) is 0.208. The molecule has 0 bridgehead atoms. The van der Waals surface area contributed by atoms with Gasteiger partial charge >= 0.3 is 6.36 Å². The van der Waals surface area contributed by atoms with Crippen LogP contribution in [0.1, 0.15) is 39.8 Å². The molecule has 31 heavy (non-hydrogen) atoms. The molecule has 4 nitrogen and oxygen atoms in total. The molecule has 3 atom stereocenters. The van der Waals surface area contributed by atoms with Crippen LogP contribution in [0.2, 0.25) is 0 Å². The summed E-state index contributed by atoms with van der Waals surface area (Å²) >= 11 is 0. The van der Waals surface area contributed by atoms with Gasteiger partial charge in [-0.3, -0.25) is 5.41 Å². The van der Waals surface area contributed by atoms with E-state index in [1.54, 1.807) is 12.1 Å². The van der Waals surface area contributed by atoms with E-state index in [2.05, 4.69) is 22.2 Å². The largest absolute Gasteiger partial charge is 0.573 e. The van der Waals surface area contributed by atoms with Crippen molar-refractivity contribution >= 4 is 11.5 Å². The second-order valence-electron chi connectivity index (χ2n) is 8.00. The Balaban J connectivity index is 1.56. The predicted octanol–water partition coefficient (Wildman–Crippen LogP) is 5.34. The monoisotopic (exact) mass is 423 g/mol. The molecule has 0 fully saturated rings. The second-order valence-corrected chi connectivity index (χ2v) is 8.00. The minimum absolute atomic E-state index is 0.0213. The van der Waals surface area contributed by atoms with Crippen molar-refractivity contribution in [2.24, 2.45) is 11.7 Å².